The van der Waals surface area contributed by atoms with Crippen molar-refractivity contribution in [1.29, 1.82) is 0 Å². The summed E-state index contributed by atoms with van der Waals surface area (Å²) in [7, 11) is 0. The van der Waals surface area contributed by atoms with Crippen LogP contribution in [0.1, 0.15) is 25.0 Å². The number of nitrogens with one attached hydrogen (secondary N) is 1. The van der Waals surface area contributed by atoms with Crippen molar-refractivity contribution < 1.29 is 9.21 Å². The van der Waals surface area contributed by atoms with E-state index < -0.39 is 0 Å². The van der Waals surface area contributed by atoms with Crippen molar-refractivity contribution in [3.05, 3.63) is 29.5 Å². The molecule has 21 heavy (non-hydrogen) atoms. The van der Waals surface area contributed by atoms with Crippen LogP contribution in [-0.2, 0) is 11.2 Å². The van der Waals surface area contributed by atoms with E-state index in [0.29, 0.717) is 24.0 Å². The molecule has 1 fully saturated rings. The topological polar surface area (TPSA) is 81.1 Å². The Morgan fingerprint density at radius 2 is 2.43 bits per heavy atom. The molecule has 3 rings (SSSR count). The van der Waals surface area contributed by atoms with Crippen molar-refractivity contribution in [3.8, 4) is 10.8 Å². The zero-order chi connectivity index (χ0) is 14.7. The van der Waals surface area contributed by atoms with E-state index >= 15 is 0 Å². The number of nitrogens with zero attached hydrogens (tertiary/aromatic N) is 1. The number of carbonyl (C=O) groups excluding carboxylic acids is 1. The van der Waals surface area contributed by atoms with E-state index in [0.717, 1.165) is 24.1 Å². The third-order valence-corrected chi connectivity index (χ3v) is 4.79. The Hall–Kier alpha value is -1.66. The van der Waals surface area contributed by atoms with Gasteiger partial charge in [-0.1, -0.05) is 12.5 Å². The molecule has 1 aliphatic rings. The molecule has 2 atom stereocenters. The molecule has 0 aromatic carbocycles. The summed E-state index contributed by atoms with van der Waals surface area (Å²) in [5.74, 6) is 0.979. The lowest BCUT2D eigenvalue weighted by atomic mass is 10.0. The van der Waals surface area contributed by atoms with Crippen LogP contribution < -0.4 is 11.1 Å². The van der Waals surface area contributed by atoms with Gasteiger partial charge >= 0.3 is 0 Å². The minimum atomic E-state index is -0.00798. The number of aromatic nitrogens is 1. The molecule has 0 spiro atoms. The van der Waals surface area contributed by atoms with Crippen molar-refractivity contribution in [1.82, 2.24) is 10.3 Å². The molecule has 0 saturated heterocycles. The van der Waals surface area contributed by atoms with Gasteiger partial charge in [0.15, 0.2) is 0 Å². The predicted molar refractivity (Wildman–Crippen MR) is 81.8 cm³/mol. The van der Waals surface area contributed by atoms with Gasteiger partial charge in [0, 0.05) is 6.04 Å². The quantitative estimate of drug-likeness (QED) is 0.887. The highest BCUT2D eigenvalue weighted by molar-refractivity contribution is 7.13. The number of nitrogens with two attached hydrogens (primary N) is 1. The van der Waals surface area contributed by atoms with Gasteiger partial charge < -0.3 is 15.5 Å². The van der Waals surface area contributed by atoms with Gasteiger partial charge in [-0.05, 0) is 36.8 Å². The molecule has 2 heterocycles. The smallest absolute Gasteiger partial charge is 0.236 e. The van der Waals surface area contributed by atoms with Crippen LogP contribution in [0.3, 0.4) is 0 Å². The zero-order valence-electron chi connectivity index (χ0n) is 11.7. The maximum atomic E-state index is 12.1. The fraction of sp³-hybridized carbons (Fsp3) is 0.467. The van der Waals surface area contributed by atoms with Crippen LogP contribution in [0.5, 0.6) is 0 Å². The fourth-order valence-electron chi connectivity index (χ4n) is 2.83. The maximum absolute atomic E-state index is 12.1. The molecule has 1 amide bonds. The molecular formula is C15H19N3O2S. The number of hydrogen-bond donors (Lipinski definition) is 2. The van der Waals surface area contributed by atoms with Crippen LogP contribution in [-0.4, -0.2) is 23.5 Å². The summed E-state index contributed by atoms with van der Waals surface area (Å²) in [6.07, 6.45) is 5.08. The van der Waals surface area contributed by atoms with Crippen LogP contribution in [0.15, 0.2) is 28.2 Å². The number of oxazole rings is 1. The van der Waals surface area contributed by atoms with Gasteiger partial charge in [-0.3, -0.25) is 4.79 Å². The lowest BCUT2D eigenvalue weighted by molar-refractivity contribution is -0.121. The number of hydrogen-bond acceptors (Lipinski definition) is 5. The third kappa shape index (κ3) is 3.33. The second kappa shape index (κ2) is 6.41. The van der Waals surface area contributed by atoms with Gasteiger partial charge in [0.05, 0.1) is 17.0 Å². The highest BCUT2D eigenvalue weighted by Crippen LogP contribution is 2.25. The average molecular weight is 305 g/mol. The second-order valence-electron chi connectivity index (χ2n) is 5.40. The van der Waals surface area contributed by atoms with Gasteiger partial charge in [-0.15, -0.1) is 11.3 Å². The van der Waals surface area contributed by atoms with E-state index in [1.807, 2.05) is 17.5 Å². The van der Waals surface area contributed by atoms with E-state index in [2.05, 4.69) is 10.3 Å². The molecule has 0 bridgehead atoms. The number of amides is 1. The monoisotopic (exact) mass is 305 g/mol. The predicted octanol–water partition coefficient (Wildman–Crippen LogP) is 2.19. The van der Waals surface area contributed by atoms with Crippen molar-refractivity contribution >= 4 is 17.2 Å². The van der Waals surface area contributed by atoms with Crippen LogP contribution >= 0.6 is 11.3 Å². The Morgan fingerprint density at radius 1 is 1.52 bits per heavy atom. The van der Waals surface area contributed by atoms with Crippen molar-refractivity contribution in [2.45, 2.75) is 31.7 Å². The minimum Gasteiger partial charge on any atom is -0.444 e. The molecule has 3 N–H and O–H groups in total. The molecule has 0 radical (unpaired) electrons. The molecule has 2 unspecified atom stereocenters. The lowest BCUT2D eigenvalue weighted by Gasteiger charge is -2.19. The number of thiophene rings is 1. The highest BCUT2D eigenvalue weighted by atomic mass is 32.1. The summed E-state index contributed by atoms with van der Waals surface area (Å²) in [5.41, 5.74) is 6.40. The standard InChI is InChI=1S/C15H19N3O2S/c16-8-10-3-1-4-12(10)18-14(19)7-11-9-20-15(17-11)13-5-2-6-21-13/h2,5-6,9-10,12H,1,3-4,7-8,16H2,(H,18,19). The molecular weight excluding hydrogens is 286 g/mol. The molecule has 2 aromatic rings. The lowest BCUT2D eigenvalue weighted by Crippen LogP contribution is -2.40. The van der Waals surface area contributed by atoms with Crippen LogP contribution in [0.4, 0.5) is 0 Å². The van der Waals surface area contributed by atoms with Gasteiger partial charge in [-0.25, -0.2) is 4.98 Å². The van der Waals surface area contributed by atoms with Gasteiger partial charge in [0.2, 0.25) is 11.8 Å². The Labute approximate surface area is 127 Å². The van der Waals surface area contributed by atoms with Crippen molar-refractivity contribution in [2.24, 2.45) is 11.7 Å². The fourth-order valence-corrected chi connectivity index (χ4v) is 3.49. The summed E-state index contributed by atoms with van der Waals surface area (Å²) in [6, 6.07) is 4.11. The Balaban J connectivity index is 1.58. The average Bonchev–Trinajstić information content (AvgIpc) is 3.19. The first-order valence-corrected chi connectivity index (χ1v) is 8.12. The normalized spacial score (nSPS) is 21.6. The first kappa shape index (κ1) is 14.3. The summed E-state index contributed by atoms with van der Waals surface area (Å²) >= 11 is 1.57. The third-order valence-electron chi connectivity index (χ3n) is 3.93. The molecule has 5 nitrogen and oxygen atoms in total. The van der Waals surface area contributed by atoms with E-state index in [1.165, 1.54) is 0 Å². The highest BCUT2D eigenvalue weighted by Gasteiger charge is 2.27. The van der Waals surface area contributed by atoms with Crippen molar-refractivity contribution in [2.75, 3.05) is 6.54 Å². The minimum absolute atomic E-state index is 0.00798. The van der Waals surface area contributed by atoms with Gasteiger partial charge in [0.25, 0.3) is 0 Å². The summed E-state index contributed by atoms with van der Waals surface area (Å²) < 4.78 is 5.42. The summed E-state index contributed by atoms with van der Waals surface area (Å²) in [5, 5.41) is 5.05. The maximum Gasteiger partial charge on any atom is 0.236 e. The Morgan fingerprint density at radius 3 is 3.19 bits per heavy atom. The zero-order valence-corrected chi connectivity index (χ0v) is 12.6. The molecule has 112 valence electrons. The van der Waals surface area contributed by atoms with Crippen LogP contribution in [0, 0.1) is 5.92 Å². The molecule has 6 heteroatoms. The molecule has 0 aliphatic heterocycles. The SMILES string of the molecule is NCC1CCCC1NC(=O)Cc1coc(-c2cccs2)n1. The van der Waals surface area contributed by atoms with Crippen molar-refractivity contribution in [3.63, 3.8) is 0 Å². The van der Waals surface area contributed by atoms with E-state index in [-0.39, 0.29) is 18.4 Å². The van der Waals surface area contributed by atoms with Gasteiger partial charge in [-0.2, -0.15) is 0 Å². The van der Waals surface area contributed by atoms with E-state index in [1.54, 1.807) is 17.6 Å². The molecule has 2 aromatic heterocycles. The van der Waals surface area contributed by atoms with E-state index in [4.69, 9.17) is 10.2 Å². The molecule has 1 aliphatic carbocycles. The number of rotatable bonds is 5. The number of carbonyl (C=O) groups is 1. The largest absolute Gasteiger partial charge is 0.444 e. The Kier molecular flexibility index (Phi) is 4.36. The first-order valence-electron chi connectivity index (χ1n) is 7.24. The first-order chi connectivity index (χ1) is 10.3. The summed E-state index contributed by atoms with van der Waals surface area (Å²) in [4.78, 5) is 17.4. The second-order valence-corrected chi connectivity index (χ2v) is 6.35. The van der Waals surface area contributed by atoms with E-state index in [9.17, 15) is 4.79 Å². The van der Waals surface area contributed by atoms with Crippen LogP contribution in [0.25, 0.3) is 10.8 Å². The summed E-state index contributed by atoms with van der Waals surface area (Å²) in [6.45, 7) is 0.636. The molecule has 1 saturated carbocycles. The van der Waals surface area contributed by atoms with Crippen LogP contribution in [0.2, 0.25) is 0 Å². The van der Waals surface area contributed by atoms with Gasteiger partial charge in [0.1, 0.15) is 6.26 Å². The Bertz CT molecular complexity index is 594.